The second kappa shape index (κ2) is 4.68. The Hall–Kier alpha value is -1.84. The number of urea groups is 1. The van der Waals surface area contributed by atoms with Gasteiger partial charge in [0.1, 0.15) is 6.04 Å². The van der Waals surface area contributed by atoms with Crippen molar-refractivity contribution < 1.29 is 9.59 Å². The van der Waals surface area contributed by atoms with Crippen molar-refractivity contribution in [2.75, 3.05) is 11.4 Å². The van der Waals surface area contributed by atoms with Gasteiger partial charge in [0.2, 0.25) is 0 Å². The number of imide groups is 1. The molecule has 3 rings (SSSR count). The Morgan fingerprint density at radius 2 is 2.00 bits per heavy atom. The molecule has 4 heteroatoms. The maximum Gasteiger partial charge on any atom is 0.332 e. The molecule has 2 fully saturated rings. The van der Waals surface area contributed by atoms with Gasteiger partial charge in [-0.3, -0.25) is 4.79 Å². The van der Waals surface area contributed by atoms with Gasteiger partial charge in [0.05, 0.1) is 5.69 Å². The summed E-state index contributed by atoms with van der Waals surface area (Å²) in [4.78, 5) is 28.0. The number of hydrogen-bond acceptors (Lipinski definition) is 2. The molecule has 1 atom stereocenters. The van der Waals surface area contributed by atoms with Crippen molar-refractivity contribution >= 4 is 17.6 Å². The Bertz CT molecular complexity index is 503. The topological polar surface area (TPSA) is 40.6 Å². The van der Waals surface area contributed by atoms with Gasteiger partial charge in [-0.1, -0.05) is 25.0 Å². The summed E-state index contributed by atoms with van der Waals surface area (Å²) in [5, 5.41) is 0. The predicted molar refractivity (Wildman–Crippen MR) is 73.0 cm³/mol. The van der Waals surface area contributed by atoms with Gasteiger partial charge in [-0.05, 0) is 37.5 Å². The molecule has 0 aromatic heterocycles. The molecule has 1 aromatic carbocycles. The van der Waals surface area contributed by atoms with Gasteiger partial charge in [0.15, 0.2) is 0 Å². The normalized spacial score (nSPS) is 23.5. The van der Waals surface area contributed by atoms with Gasteiger partial charge in [-0.25, -0.2) is 9.69 Å². The molecule has 1 aromatic rings. The highest BCUT2D eigenvalue weighted by molar-refractivity contribution is 6.21. The average molecular weight is 258 g/mol. The summed E-state index contributed by atoms with van der Waals surface area (Å²) in [7, 11) is 0. The number of hydrogen-bond donors (Lipinski definition) is 0. The fourth-order valence-electron chi connectivity index (χ4n) is 2.97. The number of fused-ring (bicyclic) bond motifs is 1. The number of anilines is 1. The summed E-state index contributed by atoms with van der Waals surface area (Å²) in [6.45, 7) is 2.67. The van der Waals surface area contributed by atoms with Gasteiger partial charge in [0.25, 0.3) is 5.91 Å². The third-order valence-electron chi connectivity index (χ3n) is 3.96. The smallest absolute Gasteiger partial charge is 0.312 e. The lowest BCUT2D eigenvalue weighted by Gasteiger charge is -2.18. The van der Waals surface area contributed by atoms with Crippen LogP contribution in [-0.2, 0) is 4.79 Å². The third-order valence-corrected chi connectivity index (χ3v) is 3.96. The first-order valence-electron chi connectivity index (χ1n) is 6.90. The van der Waals surface area contributed by atoms with E-state index in [1.54, 1.807) is 4.90 Å². The van der Waals surface area contributed by atoms with E-state index in [1.807, 2.05) is 31.2 Å². The fourth-order valence-corrected chi connectivity index (χ4v) is 2.97. The van der Waals surface area contributed by atoms with Crippen molar-refractivity contribution in [2.45, 2.75) is 38.6 Å². The maximum atomic E-state index is 12.5. The second-order valence-electron chi connectivity index (χ2n) is 5.35. The van der Waals surface area contributed by atoms with Crippen LogP contribution < -0.4 is 4.90 Å². The summed E-state index contributed by atoms with van der Waals surface area (Å²) >= 11 is 0. The van der Waals surface area contributed by atoms with Crippen LogP contribution >= 0.6 is 0 Å². The Labute approximate surface area is 113 Å². The molecule has 2 heterocycles. The highest BCUT2D eigenvalue weighted by Gasteiger charge is 2.45. The minimum Gasteiger partial charge on any atom is -0.312 e. The van der Waals surface area contributed by atoms with Crippen LogP contribution in [0.3, 0.4) is 0 Å². The molecule has 2 saturated heterocycles. The van der Waals surface area contributed by atoms with E-state index in [2.05, 4.69) is 0 Å². The summed E-state index contributed by atoms with van der Waals surface area (Å²) in [6, 6.07) is 7.18. The highest BCUT2D eigenvalue weighted by atomic mass is 16.2. The van der Waals surface area contributed by atoms with Crippen molar-refractivity contribution in [1.82, 2.24) is 4.90 Å². The van der Waals surface area contributed by atoms with E-state index in [9.17, 15) is 9.59 Å². The largest absolute Gasteiger partial charge is 0.332 e. The van der Waals surface area contributed by atoms with Crippen LogP contribution in [0, 0.1) is 6.92 Å². The van der Waals surface area contributed by atoms with Crippen LogP contribution in [0.4, 0.5) is 10.5 Å². The summed E-state index contributed by atoms with van der Waals surface area (Å²) < 4.78 is 0. The van der Waals surface area contributed by atoms with E-state index >= 15 is 0 Å². The first-order valence-corrected chi connectivity index (χ1v) is 6.90. The molecule has 0 radical (unpaired) electrons. The van der Waals surface area contributed by atoms with Crippen LogP contribution in [0.25, 0.3) is 0 Å². The van der Waals surface area contributed by atoms with E-state index in [0.717, 1.165) is 31.2 Å². The van der Waals surface area contributed by atoms with Crippen LogP contribution in [0.2, 0.25) is 0 Å². The molecular weight excluding hydrogens is 240 g/mol. The third kappa shape index (κ3) is 2.01. The second-order valence-corrected chi connectivity index (χ2v) is 5.35. The van der Waals surface area contributed by atoms with Crippen molar-refractivity contribution in [1.29, 1.82) is 0 Å². The van der Waals surface area contributed by atoms with Gasteiger partial charge in [0, 0.05) is 6.54 Å². The Balaban J connectivity index is 1.95. The van der Waals surface area contributed by atoms with Gasteiger partial charge >= 0.3 is 6.03 Å². The van der Waals surface area contributed by atoms with Crippen LogP contribution in [0.5, 0.6) is 0 Å². The number of carbonyl (C=O) groups is 2. The lowest BCUT2D eigenvalue weighted by molar-refractivity contribution is -0.119. The number of nitrogens with zero attached hydrogens (tertiary/aromatic N) is 2. The van der Waals surface area contributed by atoms with Crippen LogP contribution in [-0.4, -0.2) is 29.4 Å². The SMILES string of the molecule is Cc1cccc(N2C(=O)C3CCCCCN3C2=O)c1. The zero-order valence-corrected chi connectivity index (χ0v) is 11.1. The zero-order chi connectivity index (χ0) is 13.4. The molecule has 2 aliphatic heterocycles. The van der Waals surface area contributed by atoms with E-state index in [1.165, 1.54) is 4.90 Å². The Morgan fingerprint density at radius 3 is 2.79 bits per heavy atom. The molecule has 0 N–H and O–H groups in total. The highest BCUT2D eigenvalue weighted by Crippen LogP contribution is 2.30. The van der Waals surface area contributed by atoms with Crippen LogP contribution in [0.1, 0.15) is 31.2 Å². The number of benzene rings is 1. The minimum absolute atomic E-state index is 0.0579. The molecular formula is C15H18N2O2. The first kappa shape index (κ1) is 12.2. The summed E-state index contributed by atoms with van der Waals surface area (Å²) in [5.41, 5.74) is 1.75. The van der Waals surface area contributed by atoms with Gasteiger partial charge < -0.3 is 4.90 Å². The molecule has 0 aliphatic carbocycles. The van der Waals surface area contributed by atoms with Gasteiger partial charge in [-0.15, -0.1) is 0 Å². The molecule has 0 saturated carbocycles. The van der Waals surface area contributed by atoms with E-state index in [-0.39, 0.29) is 18.0 Å². The monoisotopic (exact) mass is 258 g/mol. The Kier molecular flexibility index (Phi) is 3.01. The fraction of sp³-hybridized carbons (Fsp3) is 0.467. The number of amides is 3. The quantitative estimate of drug-likeness (QED) is 0.727. The van der Waals surface area contributed by atoms with Crippen molar-refractivity contribution in [3.63, 3.8) is 0 Å². The van der Waals surface area contributed by atoms with Crippen LogP contribution in [0.15, 0.2) is 24.3 Å². The number of aryl methyl sites for hydroxylation is 1. The van der Waals surface area contributed by atoms with E-state index < -0.39 is 0 Å². The van der Waals surface area contributed by atoms with E-state index in [4.69, 9.17) is 0 Å². The molecule has 0 bridgehead atoms. The Morgan fingerprint density at radius 1 is 1.16 bits per heavy atom. The molecule has 4 nitrogen and oxygen atoms in total. The zero-order valence-electron chi connectivity index (χ0n) is 11.1. The summed E-state index contributed by atoms with van der Waals surface area (Å²) in [6.07, 6.45) is 3.93. The molecule has 3 amide bonds. The number of rotatable bonds is 1. The average Bonchev–Trinajstić information content (AvgIpc) is 2.59. The summed E-state index contributed by atoms with van der Waals surface area (Å²) in [5.74, 6) is -0.0579. The molecule has 1 unspecified atom stereocenters. The predicted octanol–water partition coefficient (Wildman–Crippen LogP) is 2.71. The van der Waals surface area contributed by atoms with Crippen molar-refractivity contribution in [3.05, 3.63) is 29.8 Å². The van der Waals surface area contributed by atoms with Crippen molar-refractivity contribution in [3.8, 4) is 0 Å². The first-order chi connectivity index (χ1) is 9.18. The van der Waals surface area contributed by atoms with Gasteiger partial charge in [-0.2, -0.15) is 0 Å². The molecule has 2 aliphatic rings. The van der Waals surface area contributed by atoms with Crippen molar-refractivity contribution in [2.24, 2.45) is 0 Å². The lowest BCUT2D eigenvalue weighted by atomic mass is 10.1. The maximum absolute atomic E-state index is 12.5. The molecule has 0 spiro atoms. The standard InChI is InChI=1S/C15H18N2O2/c1-11-6-5-7-12(10-11)17-14(18)13-8-3-2-4-9-16(13)15(17)19/h5-7,10,13H,2-4,8-9H2,1H3. The van der Waals surface area contributed by atoms with E-state index in [0.29, 0.717) is 12.2 Å². The minimum atomic E-state index is -0.240. The lowest BCUT2D eigenvalue weighted by Crippen LogP contribution is -2.34. The molecule has 100 valence electrons. The molecule has 19 heavy (non-hydrogen) atoms. The number of carbonyl (C=O) groups excluding carboxylic acids is 2.